The predicted octanol–water partition coefficient (Wildman–Crippen LogP) is 6.13. The Labute approximate surface area is 237 Å². The highest BCUT2D eigenvalue weighted by atomic mass is 35.5. The number of hydrogen-bond donors (Lipinski definition) is 2. The van der Waals surface area contributed by atoms with Crippen LogP contribution < -0.4 is 15.5 Å². The van der Waals surface area contributed by atoms with Gasteiger partial charge in [-0.3, -0.25) is 9.59 Å². The maximum atomic E-state index is 12.9. The molecule has 3 atom stereocenters. The third kappa shape index (κ3) is 4.92. The molecule has 2 amide bonds. The Kier molecular flexibility index (Phi) is 6.23. The van der Waals surface area contributed by atoms with E-state index in [4.69, 9.17) is 16.6 Å². The van der Waals surface area contributed by atoms with Crippen molar-refractivity contribution in [2.45, 2.75) is 63.5 Å². The van der Waals surface area contributed by atoms with Gasteiger partial charge >= 0.3 is 0 Å². The Morgan fingerprint density at radius 1 is 1.10 bits per heavy atom. The van der Waals surface area contributed by atoms with Gasteiger partial charge in [-0.15, -0.1) is 0 Å². The molecule has 9 heteroatoms. The molecule has 40 heavy (non-hydrogen) atoms. The number of aromatic nitrogens is 3. The second-order valence-corrected chi connectivity index (χ2v) is 11.8. The molecule has 8 nitrogen and oxygen atoms in total. The normalized spacial score (nSPS) is 22.1. The Morgan fingerprint density at radius 2 is 1.98 bits per heavy atom. The predicted molar refractivity (Wildman–Crippen MR) is 156 cm³/mol. The lowest BCUT2D eigenvalue weighted by atomic mass is 10.1. The van der Waals surface area contributed by atoms with Crippen molar-refractivity contribution in [3.8, 4) is 0 Å². The lowest BCUT2D eigenvalue weighted by Gasteiger charge is -2.23. The molecule has 4 heterocycles. The van der Waals surface area contributed by atoms with Crippen LogP contribution >= 0.6 is 11.6 Å². The van der Waals surface area contributed by atoms with E-state index in [-0.39, 0.29) is 29.7 Å². The number of imidazole rings is 1. The van der Waals surface area contributed by atoms with Gasteiger partial charge in [-0.05, 0) is 79.8 Å². The van der Waals surface area contributed by atoms with Gasteiger partial charge in [0.05, 0.1) is 17.9 Å². The summed E-state index contributed by atoms with van der Waals surface area (Å²) in [5.41, 5.74) is 5.80. The summed E-state index contributed by atoms with van der Waals surface area (Å²) in [4.78, 5) is 36.8. The van der Waals surface area contributed by atoms with Crippen LogP contribution in [0.25, 0.3) is 5.65 Å². The maximum absolute atomic E-state index is 12.9. The van der Waals surface area contributed by atoms with Crippen LogP contribution in [0.1, 0.15) is 67.7 Å². The lowest BCUT2D eigenvalue weighted by Crippen LogP contribution is -2.31. The number of fused-ring (bicyclic) bond motifs is 1. The van der Waals surface area contributed by atoms with Crippen LogP contribution in [0.3, 0.4) is 0 Å². The number of rotatable bonds is 8. The molecule has 0 radical (unpaired) electrons. The highest BCUT2D eigenvalue weighted by molar-refractivity contribution is 6.30. The number of pyridine rings is 2. The number of nitrogens with zero attached hydrogens (tertiary/aromatic N) is 4. The quantitative estimate of drug-likeness (QED) is 0.273. The minimum atomic E-state index is -0.0743. The molecule has 3 fully saturated rings. The Bertz CT molecular complexity index is 1630. The van der Waals surface area contributed by atoms with Crippen molar-refractivity contribution < 1.29 is 9.59 Å². The standard InChI is InChI=1S/C31H31ClN6O2/c1-18-5-8-29(39)38(18)27-12-21(19-6-7-19)16-37-17-24(35-30(27)37)15-34-23-9-10-33-28(13-23)36-31(40)26-14-25(26)20-3-2-4-22(32)11-20/h2-4,9-13,16-19,25-26H,5-8,14-15H2,1H3,(H2,33,34,36,40)/t18-,25-,26+/m1/s1. The molecule has 2 N–H and O–H groups in total. The smallest absolute Gasteiger partial charge is 0.229 e. The molecule has 3 aliphatic rings. The molecule has 3 aromatic heterocycles. The largest absolute Gasteiger partial charge is 0.379 e. The van der Waals surface area contributed by atoms with Crippen LogP contribution in [0.4, 0.5) is 17.2 Å². The summed E-state index contributed by atoms with van der Waals surface area (Å²) in [6.45, 7) is 2.61. The van der Waals surface area contributed by atoms with Gasteiger partial charge in [0.15, 0.2) is 5.65 Å². The van der Waals surface area contributed by atoms with E-state index in [1.807, 2.05) is 47.5 Å². The molecule has 0 unspecified atom stereocenters. The van der Waals surface area contributed by atoms with Crippen LogP contribution in [0.5, 0.6) is 0 Å². The number of benzene rings is 1. The number of amides is 2. The molecular formula is C31H31ClN6O2. The van der Waals surface area contributed by atoms with Crippen LogP contribution in [-0.2, 0) is 16.1 Å². The van der Waals surface area contributed by atoms with E-state index in [1.165, 1.54) is 18.4 Å². The molecule has 7 rings (SSSR count). The Balaban J connectivity index is 1.05. The van der Waals surface area contributed by atoms with E-state index in [0.29, 0.717) is 29.7 Å². The molecule has 0 spiro atoms. The van der Waals surface area contributed by atoms with Gasteiger partial charge in [0, 0.05) is 53.7 Å². The molecule has 204 valence electrons. The van der Waals surface area contributed by atoms with E-state index >= 15 is 0 Å². The van der Waals surface area contributed by atoms with Crippen molar-refractivity contribution in [3.63, 3.8) is 0 Å². The van der Waals surface area contributed by atoms with Crippen molar-refractivity contribution in [1.29, 1.82) is 0 Å². The van der Waals surface area contributed by atoms with Gasteiger partial charge in [0.25, 0.3) is 0 Å². The van der Waals surface area contributed by atoms with Crippen LogP contribution in [0.2, 0.25) is 5.02 Å². The minimum Gasteiger partial charge on any atom is -0.379 e. The fourth-order valence-corrected chi connectivity index (χ4v) is 6.06. The monoisotopic (exact) mass is 554 g/mol. The second-order valence-electron chi connectivity index (χ2n) is 11.3. The highest BCUT2D eigenvalue weighted by Crippen LogP contribution is 2.48. The topological polar surface area (TPSA) is 91.6 Å². The Morgan fingerprint density at radius 3 is 2.75 bits per heavy atom. The van der Waals surface area contributed by atoms with Crippen molar-refractivity contribution in [1.82, 2.24) is 14.4 Å². The minimum absolute atomic E-state index is 0.0281. The van der Waals surface area contributed by atoms with Crippen LogP contribution in [-0.4, -0.2) is 32.2 Å². The summed E-state index contributed by atoms with van der Waals surface area (Å²) in [6.07, 6.45) is 10.5. The first-order valence-electron chi connectivity index (χ1n) is 14.0. The van der Waals surface area contributed by atoms with E-state index < -0.39 is 0 Å². The van der Waals surface area contributed by atoms with Crippen LogP contribution in [0, 0.1) is 5.92 Å². The van der Waals surface area contributed by atoms with Crippen molar-refractivity contribution >= 4 is 46.3 Å². The number of nitrogens with one attached hydrogen (secondary N) is 2. The van der Waals surface area contributed by atoms with Crippen molar-refractivity contribution in [2.24, 2.45) is 5.92 Å². The third-order valence-electron chi connectivity index (χ3n) is 8.29. The summed E-state index contributed by atoms with van der Waals surface area (Å²) in [5, 5.41) is 7.07. The summed E-state index contributed by atoms with van der Waals surface area (Å²) in [7, 11) is 0. The zero-order chi connectivity index (χ0) is 27.4. The molecule has 1 aliphatic heterocycles. The molecule has 1 aromatic carbocycles. The average Bonchev–Trinajstić information content (AvgIpc) is 3.86. The molecule has 4 aromatic rings. The molecule has 0 bridgehead atoms. The first kappa shape index (κ1) is 25.1. The summed E-state index contributed by atoms with van der Waals surface area (Å²) < 4.78 is 2.07. The van der Waals surface area contributed by atoms with E-state index in [2.05, 4.69) is 39.2 Å². The number of carbonyl (C=O) groups is 2. The lowest BCUT2D eigenvalue weighted by molar-refractivity contribution is -0.118. The SMILES string of the molecule is C[C@@H]1CCC(=O)N1c1cc(C2CC2)cn2cc(CNc3ccnc(NC(=O)[C@H]4C[C@@H]4c4cccc(Cl)c4)c3)nc12. The van der Waals surface area contributed by atoms with Gasteiger partial charge < -0.3 is 19.9 Å². The molecule has 2 aliphatic carbocycles. The van der Waals surface area contributed by atoms with E-state index in [1.54, 1.807) is 6.20 Å². The number of halogens is 1. The fourth-order valence-electron chi connectivity index (χ4n) is 5.87. The van der Waals surface area contributed by atoms with Gasteiger partial charge in [-0.25, -0.2) is 9.97 Å². The van der Waals surface area contributed by atoms with Crippen molar-refractivity contribution in [2.75, 3.05) is 15.5 Å². The second kappa shape index (κ2) is 9.93. The highest BCUT2D eigenvalue weighted by Gasteiger charge is 2.44. The molecular weight excluding hydrogens is 524 g/mol. The summed E-state index contributed by atoms with van der Waals surface area (Å²) >= 11 is 6.12. The molecule has 1 saturated heterocycles. The summed E-state index contributed by atoms with van der Waals surface area (Å²) in [5.74, 6) is 1.34. The van der Waals surface area contributed by atoms with E-state index in [0.717, 1.165) is 41.1 Å². The first-order valence-corrected chi connectivity index (χ1v) is 14.4. The summed E-state index contributed by atoms with van der Waals surface area (Å²) in [6, 6.07) is 13.8. The average molecular weight is 555 g/mol. The first-order chi connectivity index (χ1) is 19.4. The van der Waals surface area contributed by atoms with Crippen molar-refractivity contribution in [3.05, 3.63) is 82.9 Å². The van der Waals surface area contributed by atoms with Gasteiger partial charge in [0.2, 0.25) is 11.8 Å². The van der Waals surface area contributed by atoms with Gasteiger partial charge in [-0.2, -0.15) is 0 Å². The number of anilines is 3. The number of carbonyl (C=O) groups excluding carboxylic acids is 2. The van der Waals surface area contributed by atoms with E-state index in [9.17, 15) is 9.59 Å². The zero-order valence-electron chi connectivity index (χ0n) is 22.3. The van der Waals surface area contributed by atoms with Gasteiger partial charge in [0.1, 0.15) is 5.82 Å². The maximum Gasteiger partial charge on any atom is 0.229 e. The fraction of sp³-hybridized carbons (Fsp3) is 0.355. The van der Waals surface area contributed by atoms with Gasteiger partial charge in [-0.1, -0.05) is 23.7 Å². The third-order valence-corrected chi connectivity index (χ3v) is 8.52. The van der Waals surface area contributed by atoms with Crippen LogP contribution in [0.15, 0.2) is 61.1 Å². The molecule has 2 saturated carbocycles. The number of hydrogen-bond acceptors (Lipinski definition) is 5. The Hall–Kier alpha value is -3.91. The zero-order valence-corrected chi connectivity index (χ0v) is 23.1.